The molecule has 0 aromatic heterocycles. The minimum absolute atomic E-state index is 0.171. The van der Waals surface area contributed by atoms with Crippen LogP contribution in [-0.4, -0.2) is 16.3 Å². The molecule has 0 heterocycles. The highest BCUT2D eigenvalue weighted by Crippen LogP contribution is 2.19. The van der Waals surface area contributed by atoms with E-state index in [1.165, 1.54) is 11.6 Å². The largest absolute Gasteiger partial charge is 0.508 e. The third-order valence-corrected chi connectivity index (χ3v) is 3.80. The number of amides is 1. The third-order valence-electron chi connectivity index (χ3n) is 3.24. The van der Waals surface area contributed by atoms with Crippen molar-refractivity contribution in [1.29, 1.82) is 0 Å². The van der Waals surface area contributed by atoms with Crippen molar-refractivity contribution in [2.75, 3.05) is 10.6 Å². The quantitative estimate of drug-likeness (QED) is 0.793. The molecule has 0 aliphatic heterocycles. The number of phenols is 1. The Hall–Kier alpha value is -1.81. The molecule has 2 aromatic rings. The van der Waals surface area contributed by atoms with Gasteiger partial charge in [0.1, 0.15) is 5.75 Å². The van der Waals surface area contributed by atoms with Crippen molar-refractivity contribution in [3.63, 3.8) is 0 Å². The first-order chi connectivity index (χ1) is 10.1. The van der Waals surface area contributed by atoms with Crippen LogP contribution in [0, 0.1) is 6.92 Å². The Bertz CT molecular complexity index is 640. The number of nitrogens with one attached hydrogen (secondary N) is 1. The maximum Gasteiger partial charge on any atom is 0.255 e. The zero-order valence-corrected chi connectivity index (χ0v) is 13.5. The SMILES string of the molecule is Cc1cc(C(=O)Nc2cccc(CCCBr)c2)ccc1O. The Morgan fingerprint density at radius 1 is 1.24 bits per heavy atom. The second-order valence-corrected chi connectivity index (χ2v) is 5.74. The van der Waals surface area contributed by atoms with Crippen molar-refractivity contribution in [2.24, 2.45) is 0 Å². The monoisotopic (exact) mass is 347 g/mol. The number of carbonyl (C=O) groups excluding carboxylic acids is 1. The number of phenolic OH excluding ortho intramolecular Hbond substituents is 1. The summed E-state index contributed by atoms with van der Waals surface area (Å²) in [5, 5.41) is 13.4. The summed E-state index contributed by atoms with van der Waals surface area (Å²) < 4.78 is 0. The van der Waals surface area contributed by atoms with Crippen molar-refractivity contribution < 1.29 is 9.90 Å². The zero-order chi connectivity index (χ0) is 15.2. The number of alkyl halides is 1. The van der Waals surface area contributed by atoms with Gasteiger partial charge < -0.3 is 10.4 Å². The minimum Gasteiger partial charge on any atom is -0.508 e. The number of benzene rings is 2. The summed E-state index contributed by atoms with van der Waals surface area (Å²) in [6.45, 7) is 1.77. The second kappa shape index (κ2) is 7.27. The Labute approximate surface area is 133 Å². The number of halogens is 1. The van der Waals surface area contributed by atoms with Gasteiger partial charge in [-0.15, -0.1) is 0 Å². The summed E-state index contributed by atoms with van der Waals surface area (Å²) in [6.07, 6.45) is 2.04. The van der Waals surface area contributed by atoms with E-state index in [1.54, 1.807) is 19.1 Å². The Morgan fingerprint density at radius 3 is 2.76 bits per heavy atom. The molecule has 0 unspecified atom stereocenters. The van der Waals surface area contributed by atoms with Gasteiger partial charge in [0.25, 0.3) is 5.91 Å². The van der Waals surface area contributed by atoms with Gasteiger partial charge in [0, 0.05) is 16.6 Å². The fourth-order valence-electron chi connectivity index (χ4n) is 2.08. The highest BCUT2D eigenvalue weighted by Gasteiger charge is 2.08. The average molecular weight is 348 g/mol. The normalized spacial score (nSPS) is 10.4. The first-order valence-electron chi connectivity index (χ1n) is 6.86. The van der Waals surface area contributed by atoms with Gasteiger partial charge in [-0.3, -0.25) is 4.79 Å². The number of aromatic hydroxyl groups is 1. The third kappa shape index (κ3) is 4.33. The summed E-state index contributed by atoms with van der Waals surface area (Å²) in [7, 11) is 0. The standard InChI is InChI=1S/C17H18BrNO2/c1-12-10-14(7-8-16(12)20)17(21)19-15-6-2-4-13(11-15)5-3-9-18/h2,4,6-8,10-11,20H,3,5,9H2,1H3,(H,19,21). The van der Waals surface area contributed by atoms with Gasteiger partial charge in [0.2, 0.25) is 0 Å². The molecular formula is C17H18BrNO2. The van der Waals surface area contributed by atoms with Crippen LogP contribution in [0.25, 0.3) is 0 Å². The number of hydrogen-bond donors (Lipinski definition) is 2. The second-order valence-electron chi connectivity index (χ2n) is 4.95. The van der Waals surface area contributed by atoms with E-state index in [0.29, 0.717) is 11.1 Å². The topological polar surface area (TPSA) is 49.3 Å². The number of carbonyl (C=O) groups is 1. The molecule has 2 N–H and O–H groups in total. The predicted octanol–water partition coefficient (Wildman–Crippen LogP) is 4.28. The molecule has 0 fully saturated rings. The molecule has 1 amide bonds. The van der Waals surface area contributed by atoms with Crippen LogP contribution in [0.4, 0.5) is 5.69 Å². The van der Waals surface area contributed by atoms with E-state index < -0.39 is 0 Å². The molecule has 2 rings (SSSR count). The lowest BCUT2D eigenvalue weighted by atomic mass is 10.1. The lowest BCUT2D eigenvalue weighted by Crippen LogP contribution is -2.12. The number of aryl methyl sites for hydroxylation is 2. The van der Waals surface area contributed by atoms with E-state index in [0.717, 1.165) is 23.9 Å². The molecule has 0 bridgehead atoms. The molecule has 0 saturated carbocycles. The molecule has 0 saturated heterocycles. The van der Waals surface area contributed by atoms with E-state index in [2.05, 4.69) is 27.3 Å². The first kappa shape index (κ1) is 15.6. The van der Waals surface area contributed by atoms with Crippen LogP contribution in [0.5, 0.6) is 5.75 Å². The van der Waals surface area contributed by atoms with Gasteiger partial charge in [-0.2, -0.15) is 0 Å². The van der Waals surface area contributed by atoms with Crippen LogP contribution in [0.2, 0.25) is 0 Å². The van der Waals surface area contributed by atoms with Crippen LogP contribution >= 0.6 is 15.9 Å². The highest BCUT2D eigenvalue weighted by molar-refractivity contribution is 9.09. The summed E-state index contributed by atoms with van der Waals surface area (Å²) in [6, 6.07) is 12.7. The fraction of sp³-hybridized carbons (Fsp3) is 0.235. The zero-order valence-electron chi connectivity index (χ0n) is 11.9. The van der Waals surface area contributed by atoms with Crippen molar-refractivity contribution in [2.45, 2.75) is 19.8 Å². The van der Waals surface area contributed by atoms with E-state index in [1.807, 2.05) is 18.2 Å². The van der Waals surface area contributed by atoms with Crippen molar-refractivity contribution in [3.8, 4) is 5.75 Å². The van der Waals surface area contributed by atoms with Crippen molar-refractivity contribution in [1.82, 2.24) is 0 Å². The molecule has 0 radical (unpaired) electrons. The summed E-state index contributed by atoms with van der Waals surface area (Å²) in [5.74, 6) is 0.0269. The molecule has 0 aliphatic carbocycles. The smallest absolute Gasteiger partial charge is 0.255 e. The molecule has 0 aliphatic rings. The Morgan fingerprint density at radius 2 is 2.05 bits per heavy atom. The predicted molar refractivity (Wildman–Crippen MR) is 89.4 cm³/mol. The average Bonchev–Trinajstić information content (AvgIpc) is 2.48. The maximum absolute atomic E-state index is 12.2. The lowest BCUT2D eigenvalue weighted by molar-refractivity contribution is 0.102. The van der Waals surface area contributed by atoms with E-state index in [-0.39, 0.29) is 11.7 Å². The summed E-state index contributed by atoms with van der Waals surface area (Å²) >= 11 is 3.42. The molecule has 4 heteroatoms. The van der Waals surface area contributed by atoms with Gasteiger partial charge >= 0.3 is 0 Å². The summed E-state index contributed by atoms with van der Waals surface area (Å²) in [5.41, 5.74) is 3.22. The first-order valence-corrected chi connectivity index (χ1v) is 7.98. The molecule has 2 aromatic carbocycles. The number of hydrogen-bond acceptors (Lipinski definition) is 2. The fourth-order valence-corrected chi connectivity index (χ4v) is 2.36. The van der Waals surface area contributed by atoms with E-state index in [4.69, 9.17) is 0 Å². The van der Waals surface area contributed by atoms with Gasteiger partial charge in [0.15, 0.2) is 0 Å². The van der Waals surface area contributed by atoms with Crippen LogP contribution in [0.15, 0.2) is 42.5 Å². The number of anilines is 1. The van der Waals surface area contributed by atoms with Crippen molar-refractivity contribution in [3.05, 3.63) is 59.2 Å². The Kier molecular flexibility index (Phi) is 5.39. The highest BCUT2D eigenvalue weighted by atomic mass is 79.9. The van der Waals surface area contributed by atoms with Crippen LogP contribution in [0.1, 0.15) is 27.9 Å². The van der Waals surface area contributed by atoms with Gasteiger partial charge in [0.05, 0.1) is 0 Å². The molecule has 0 atom stereocenters. The van der Waals surface area contributed by atoms with E-state index in [9.17, 15) is 9.90 Å². The van der Waals surface area contributed by atoms with Gasteiger partial charge in [-0.1, -0.05) is 28.1 Å². The van der Waals surface area contributed by atoms with E-state index >= 15 is 0 Å². The Balaban J connectivity index is 2.10. The number of rotatable bonds is 5. The lowest BCUT2D eigenvalue weighted by Gasteiger charge is -2.08. The van der Waals surface area contributed by atoms with Crippen LogP contribution in [-0.2, 0) is 6.42 Å². The molecule has 3 nitrogen and oxygen atoms in total. The summed E-state index contributed by atoms with van der Waals surface area (Å²) in [4.78, 5) is 12.2. The maximum atomic E-state index is 12.2. The van der Waals surface area contributed by atoms with Crippen molar-refractivity contribution >= 4 is 27.5 Å². The molecule has 21 heavy (non-hydrogen) atoms. The molecule has 110 valence electrons. The van der Waals surface area contributed by atoms with Crippen LogP contribution in [0.3, 0.4) is 0 Å². The van der Waals surface area contributed by atoms with Gasteiger partial charge in [-0.05, 0) is 61.2 Å². The molecular weight excluding hydrogens is 330 g/mol. The van der Waals surface area contributed by atoms with Crippen LogP contribution < -0.4 is 5.32 Å². The minimum atomic E-state index is -0.171. The molecule has 0 spiro atoms. The van der Waals surface area contributed by atoms with Gasteiger partial charge in [-0.25, -0.2) is 0 Å².